The summed E-state index contributed by atoms with van der Waals surface area (Å²) in [5, 5.41) is 41.6. The van der Waals surface area contributed by atoms with Crippen molar-refractivity contribution in [1.82, 2.24) is 10.6 Å². The maximum Gasteiger partial charge on any atom is 0.407 e. The quantitative estimate of drug-likeness (QED) is 0.206. The molecule has 0 aliphatic rings. The normalized spacial score (nSPS) is 11.8. The molecule has 0 spiro atoms. The molecular weight excluding hydrogens is 372 g/mol. The first-order valence-corrected chi connectivity index (χ1v) is 9.49. The zero-order valence-electron chi connectivity index (χ0n) is 16.9. The van der Waals surface area contributed by atoms with Gasteiger partial charge in [-0.25, -0.2) is 9.59 Å². The summed E-state index contributed by atoms with van der Waals surface area (Å²) in [6.45, 7) is 2.88. The molecule has 0 saturated heterocycles. The number of carbonyl (C=O) groups excluding carboxylic acids is 2. The van der Waals surface area contributed by atoms with Crippen molar-refractivity contribution in [2.75, 3.05) is 52.7 Å². The van der Waals surface area contributed by atoms with E-state index in [1.54, 1.807) is 13.8 Å². The molecule has 0 fully saturated rings. The van der Waals surface area contributed by atoms with Crippen molar-refractivity contribution in [3.05, 3.63) is 0 Å². The Kier molecular flexibility index (Phi) is 13.6. The lowest BCUT2D eigenvalue weighted by atomic mass is 9.95. The topological polar surface area (TPSA) is 158 Å². The van der Waals surface area contributed by atoms with Crippen molar-refractivity contribution in [1.29, 1.82) is 0 Å². The monoisotopic (exact) mass is 408 g/mol. The summed E-state index contributed by atoms with van der Waals surface area (Å²) in [4.78, 5) is 23.0. The summed E-state index contributed by atoms with van der Waals surface area (Å²) in [5.74, 6) is 0. The molecule has 0 heterocycles. The van der Waals surface area contributed by atoms with Gasteiger partial charge in [-0.1, -0.05) is 26.7 Å². The van der Waals surface area contributed by atoms with E-state index in [2.05, 4.69) is 10.6 Å². The van der Waals surface area contributed by atoms with E-state index >= 15 is 0 Å². The van der Waals surface area contributed by atoms with E-state index in [4.69, 9.17) is 29.9 Å². The fourth-order valence-electron chi connectivity index (χ4n) is 1.85. The first-order chi connectivity index (χ1) is 13.2. The molecule has 6 N–H and O–H groups in total. The van der Waals surface area contributed by atoms with Crippen LogP contribution in [0, 0.1) is 10.8 Å². The number of unbranched alkanes of at least 4 members (excludes halogenated alkanes) is 3. The minimum Gasteiger partial charge on any atom is -0.449 e. The fourth-order valence-corrected chi connectivity index (χ4v) is 1.85. The van der Waals surface area contributed by atoms with E-state index in [1.165, 1.54) is 0 Å². The Morgan fingerprint density at radius 2 is 1.00 bits per heavy atom. The lowest BCUT2D eigenvalue weighted by Crippen LogP contribution is -2.35. The number of nitrogens with one attached hydrogen (secondary N) is 2. The number of aliphatic hydroxyl groups is 4. The van der Waals surface area contributed by atoms with E-state index in [0.29, 0.717) is 13.1 Å². The van der Waals surface area contributed by atoms with E-state index < -0.39 is 23.0 Å². The molecule has 0 aromatic heterocycles. The predicted molar refractivity (Wildman–Crippen MR) is 102 cm³/mol. The average Bonchev–Trinajstić information content (AvgIpc) is 2.72. The molecule has 10 heteroatoms. The molecule has 0 bridgehead atoms. The van der Waals surface area contributed by atoms with Gasteiger partial charge in [0.15, 0.2) is 0 Å². The third kappa shape index (κ3) is 12.0. The average molecular weight is 408 g/mol. The number of ether oxygens (including phenoxy) is 2. The summed E-state index contributed by atoms with van der Waals surface area (Å²) < 4.78 is 9.92. The lowest BCUT2D eigenvalue weighted by molar-refractivity contribution is 0.00947. The summed E-state index contributed by atoms with van der Waals surface area (Å²) >= 11 is 0. The smallest absolute Gasteiger partial charge is 0.407 e. The third-order valence-electron chi connectivity index (χ3n) is 4.27. The van der Waals surface area contributed by atoms with Crippen LogP contribution < -0.4 is 10.6 Å². The molecule has 0 unspecified atom stereocenters. The second-order valence-electron chi connectivity index (χ2n) is 7.67. The minimum atomic E-state index is -0.847. The molecule has 0 saturated carbocycles. The molecule has 28 heavy (non-hydrogen) atoms. The lowest BCUT2D eigenvalue weighted by Gasteiger charge is -2.23. The second kappa shape index (κ2) is 14.4. The van der Waals surface area contributed by atoms with Crippen LogP contribution in [-0.2, 0) is 9.47 Å². The van der Waals surface area contributed by atoms with Crippen LogP contribution in [0.5, 0.6) is 0 Å². The van der Waals surface area contributed by atoms with E-state index in [-0.39, 0.29) is 39.6 Å². The Morgan fingerprint density at radius 3 is 1.29 bits per heavy atom. The number of amides is 2. The molecule has 2 amide bonds. The van der Waals surface area contributed by atoms with Crippen molar-refractivity contribution in [2.24, 2.45) is 10.8 Å². The Bertz CT molecular complexity index is 399. The van der Waals surface area contributed by atoms with E-state index in [1.807, 2.05) is 0 Å². The highest BCUT2D eigenvalue weighted by Crippen LogP contribution is 2.15. The summed E-state index contributed by atoms with van der Waals surface area (Å²) in [7, 11) is 0. The highest BCUT2D eigenvalue weighted by molar-refractivity contribution is 5.67. The largest absolute Gasteiger partial charge is 0.449 e. The summed E-state index contributed by atoms with van der Waals surface area (Å²) in [6.07, 6.45) is 2.04. The van der Waals surface area contributed by atoms with Gasteiger partial charge in [0.25, 0.3) is 0 Å². The van der Waals surface area contributed by atoms with Crippen molar-refractivity contribution >= 4 is 12.2 Å². The second-order valence-corrected chi connectivity index (χ2v) is 7.67. The Morgan fingerprint density at radius 1 is 0.679 bits per heavy atom. The highest BCUT2D eigenvalue weighted by Gasteiger charge is 2.25. The van der Waals surface area contributed by atoms with Gasteiger partial charge in [-0.3, -0.25) is 0 Å². The molecule has 0 atom stereocenters. The van der Waals surface area contributed by atoms with Gasteiger partial charge in [-0.2, -0.15) is 0 Å². The van der Waals surface area contributed by atoms with Gasteiger partial charge in [-0.15, -0.1) is 0 Å². The van der Waals surface area contributed by atoms with Crippen molar-refractivity contribution in [2.45, 2.75) is 39.5 Å². The van der Waals surface area contributed by atoms with Gasteiger partial charge in [0.2, 0.25) is 0 Å². The molecule has 0 aromatic rings. The molecule has 0 aliphatic carbocycles. The van der Waals surface area contributed by atoms with Crippen LogP contribution in [0.25, 0.3) is 0 Å². The maximum absolute atomic E-state index is 11.5. The molecular formula is C18H36N2O8. The van der Waals surface area contributed by atoms with Gasteiger partial charge < -0.3 is 40.5 Å². The number of hydrogen-bond donors (Lipinski definition) is 6. The van der Waals surface area contributed by atoms with Crippen LogP contribution in [0.2, 0.25) is 0 Å². The molecule has 10 nitrogen and oxygen atoms in total. The first kappa shape index (κ1) is 26.4. The Balaban J connectivity index is 3.62. The van der Waals surface area contributed by atoms with Crippen LogP contribution in [-0.4, -0.2) is 85.3 Å². The minimum absolute atomic E-state index is 0.0661. The number of aliphatic hydroxyl groups excluding tert-OH is 4. The Labute approximate surface area is 166 Å². The van der Waals surface area contributed by atoms with Crippen LogP contribution in [0.4, 0.5) is 9.59 Å². The molecule has 0 aliphatic heterocycles. The van der Waals surface area contributed by atoms with Crippen molar-refractivity contribution in [3.8, 4) is 0 Å². The van der Waals surface area contributed by atoms with Crippen molar-refractivity contribution < 1.29 is 39.5 Å². The molecule has 0 rings (SSSR count). The third-order valence-corrected chi connectivity index (χ3v) is 4.27. The van der Waals surface area contributed by atoms with Crippen LogP contribution in [0.1, 0.15) is 39.5 Å². The molecule has 0 radical (unpaired) electrons. The van der Waals surface area contributed by atoms with Crippen LogP contribution in [0.15, 0.2) is 0 Å². The number of hydrogen-bond acceptors (Lipinski definition) is 8. The SMILES string of the molecule is CC(CO)(CO)COC(=O)NCCCCCCNC(=O)OCC(C)(CO)CO. The van der Waals surface area contributed by atoms with Gasteiger partial charge in [-0.05, 0) is 12.8 Å². The Hall–Kier alpha value is -1.62. The van der Waals surface area contributed by atoms with E-state index in [9.17, 15) is 9.59 Å². The number of rotatable bonds is 15. The van der Waals surface area contributed by atoms with Gasteiger partial charge >= 0.3 is 12.2 Å². The maximum atomic E-state index is 11.5. The standard InChI is InChI=1S/C18H36N2O8/c1-17(9-21,10-22)13-27-15(25)19-7-5-3-4-6-8-20-16(26)28-14-18(2,11-23)12-24/h21-24H,3-14H2,1-2H3,(H,19,25)(H,20,26). The molecule has 166 valence electrons. The van der Waals surface area contributed by atoms with Gasteiger partial charge in [0.05, 0.1) is 26.4 Å². The van der Waals surface area contributed by atoms with Crippen LogP contribution in [0.3, 0.4) is 0 Å². The summed E-state index contributed by atoms with van der Waals surface area (Å²) in [6, 6.07) is 0. The van der Waals surface area contributed by atoms with Gasteiger partial charge in [0.1, 0.15) is 13.2 Å². The van der Waals surface area contributed by atoms with E-state index in [0.717, 1.165) is 25.7 Å². The van der Waals surface area contributed by atoms with Crippen LogP contribution >= 0.6 is 0 Å². The number of alkyl carbamates (subject to hydrolysis) is 2. The number of carbonyl (C=O) groups is 2. The zero-order valence-corrected chi connectivity index (χ0v) is 16.9. The summed E-state index contributed by atoms with van der Waals surface area (Å²) in [5.41, 5.74) is -1.69. The first-order valence-electron chi connectivity index (χ1n) is 9.49. The molecule has 0 aromatic carbocycles. The van der Waals surface area contributed by atoms with Crippen molar-refractivity contribution in [3.63, 3.8) is 0 Å². The van der Waals surface area contributed by atoms with Gasteiger partial charge in [0, 0.05) is 23.9 Å². The highest BCUT2D eigenvalue weighted by atomic mass is 16.6. The predicted octanol–water partition coefficient (Wildman–Crippen LogP) is -0.0190. The zero-order chi connectivity index (χ0) is 21.5. The fraction of sp³-hybridized carbons (Fsp3) is 0.889.